The Balaban J connectivity index is 1.83. The van der Waals surface area contributed by atoms with Gasteiger partial charge < -0.3 is 9.47 Å². The van der Waals surface area contributed by atoms with Gasteiger partial charge in [-0.3, -0.25) is 14.6 Å². The van der Waals surface area contributed by atoms with E-state index in [1.54, 1.807) is 38.3 Å². The maximum atomic E-state index is 12.7. The fourth-order valence-corrected chi connectivity index (χ4v) is 2.67. The third kappa shape index (κ3) is 4.94. The van der Waals surface area contributed by atoms with Gasteiger partial charge in [-0.05, 0) is 38.5 Å². The molecular weight excluding hydrogens is 402 g/mol. The average molecular weight is 425 g/mol. The molecule has 31 heavy (non-hydrogen) atoms. The molecule has 11 heteroatoms. The Kier molecular flexibility index (Phi) is 6.75. The van der Waals surface area contributed by atoms with Crippen molar-refractivity contribution in [2.24, 2.45) is 5.10 Å². The van der Waals surface area contributed by atoms with Crippen molar-refractivity contribution in [1.29, 1.82) is 0 Å². The number of hydrogen-bond acceptors (Lipinski definition) is 8. The molecule has 2 N–H and O–H groups in total. The second-order valence-corrected chi connectivity index (χ2v) is 6.57. The maximum absolute atomic E-state index is 12.7. The van der Waals surface area contributed by atoms with Crippen LogP contribution in [0.2, 0.25) is 0 Å². The Morgan fingerprint density at radius 1 is 1.32 bits per heavy atom. The Bertz CT molecular complexity index is 1170. The third-order valence-corrected chi connectivity index (χ3v) is 4.16. The molecule has 3 aromatic rings. The molecule has 0 spiro atoms. The van der Waals surface area contributed by atoms with Gasteiger partial charge in [0.1, 0.15) is 11.4 Å². The summed E-state index contributed by atoms with van der Waals surface area (Å²) in [6.07, 6.45) is 2.30. The van der Waals surface area contributed by atoms with Gasteiger partial charge in [-0.15, -0.1) is 10.2 Å². The van der Waals surface area contributed by atoms with Crippen molar-refractivity contribution in [3.05, 3.63) is 57.3 Å². The van der Waals surface area contributed by atoms with Gasteiger partial charge >= 0.3 is 0 Å². The lowest BCUT2D eigenvalue weighted by molar-refractivity contribution is 0.0947. The zero-order valence-electron chi connectivity index (χ0n) is 17.7. The molecule has 0 bridgehead atoms. The monoisotopic (exact) mass is 425 g/mol. The van der Waals surface area contributed by atoms with E-state index >= 15 is 0 Å². The normalized spacial score (nSPS) is 11.0. The summed E-state index contributed by atoms with van der Waals surface area (Å²) in [5.74, 6) is 0.595. The summed E-state index contributed by atoms with van der Waals surface area (Å²) in [6, 6.07) is 6.92. The standard InChI is InChI=1S/C20H23N7O4/c1-5-9-31-17-14(7-6-8-16(17)30-4)11-21-24-19(29)15-10-12(2)26-27(15)20-22-18(28)13(3)23-25-20/h6-8,10-11H,5,9H2,1-4H3,(H,24,29)(H,22,25,28)/b21-11-. The topological polar surface area (TPSA) is 136 Å². The second kappa shape index (κ2) is 9.65. The molecule has 1 aromatic carbocycles. The number of methoxy groups -OCH3 is 1. The van der Waals surface area contributed by atoms with Gasteiger partial charge in [0, 0.05) is 5.56 Å². The molecule has 162 valence electrons. The van der Waals surface area contributed by atoms with Crippen molar-refractivity contribution in [2.45, 2.75) is 27.2 Å². The van der Waals surface area contributed by atoms with Crippen LogP contribution in [0.3, 0.4) is 0 Å². The molecule has 3 rings (SSSR count). The SMILES string of the molecule is CCCOc1c(/C=N\NC(=O)c2cc(C)nn2-c2nnc(C)c(=O)[nH]2)cccc1OC. The molecule has 0 aliphatic heterocycles. The quantitative estimate of drug-likeness (QED) is 0.412. The summed E-state index contributed by atoms with van der Waals surface area (Å²) in [6.45, 7) is 5.76. The predicted octanol–water partition coefficient (Wildman–Crippen LogP) is 1.53. The largest absolute Gasteiger partial charge is 0.493 e. The number of nitrogens with one attached hydrogen (secondary N) is 2. The van der Waals surface area contributed by atoms with E-state index in [4.69, 9.17) is 9.47 Å². The van der Waals surface area contributed by atoms with Crippen molar-refractivity contribution in [1.82, 2.24) is 30.4 Å². The molecule has 0 unspecified atom stereocenters. The number of hydrogen-bond donors (Lipinski definition) is 2. The average Bonchev–Trinajstić information content (AvgIpc) is 3.16. The highest BCUT2D eigenvalue weighted by molar-refractivity contribution is 5.94. The second-order valence-electron chi connectivity index (χ2n) is 6.57. The molecule has 11 nitrogen and oxygen atoms in total. The summed E-state index contributed by atoms with van der Waals surface area (Å²) in [7, 11) is 1.55. The van der Waals surface area contributed by atoms with E-state index in [0.29, 0.717) is 29.4 Å². The number of amides is 1. The van der Waals surface area contributed by atoms with E-state index < -0.39 is 11.5 Å². The Morgan fingerprint density at radius 3 is 2.84 bits per heavy atom. The van der Waals surface area contributed by atoms with Gasteiger partial charge in [-0.25, -0.2) is 5.43 Å². The Labute approximate surface area is 178 Å². The zero-order valence-corrected chi connectivity index (χ0v) is 17.7. The van der Waals surface area contributed by atoms with Crippen molar-refractivity contribution < 1.29 is 14.3 Å². The minimum Gasteiger partial charge on any atom is -0.493 e. The number of aromatic nitrogens is 5. The minimum absolute atomic E-state index is 0.0286. The lowest BCUT2D eigenvalue weighted by Crippen LogP contribution is -2.24. The van der Waals surface area contributed by atoms with Crippen LogP contribution >= 0.6 is 0 Å². The number of nitrogens with zero attached hydrogens (tertiary/aromatic N) is 5. The van der Waals surface area contributed by atoms with Crippen molar-refractivity contribution in [2.75, 3.05) is 13.7 Å². The number of hydrazone groups is 1. The van der Waals surface area contributed by atoms with Crippen LogP contribution in [-0.2, 0) is 0 Å². The van der Waals surface area contributed by atoms with Crippen LogP contribution in [0.1, 0.15) is 40.8 Å². The number of para-hydroxylation sites is 1. The number of H-pyrrole nitrogens is 1. The fraction of sp³-hybridized carbons (Fsp3) is 0.300. The number of benzene rings is 1. The number of aryl methyl sites for hydroxylation is 2. The zero-order chi connectivity index (χ0) is 22.4. The smallest absolute Gasteiger partial charge is 0.290 e. The van der Waals surface area contributed by atoms with Gasteiger partial charge in [0.2, 0.25) is 0 Å². The molecule has 0 aliphatic rings. The van der Waals surface area contributed by atoms with Gasteiger partial charge in [-0.1, -0.05) is 13.0 Å². The molecule has 2 heterocycles. The van der Waals surface area contributed by atoms with E-state index in [0.717, 1.165) is 6.42 Å². The van der Waals surface area contributed by atoms with Gasteiger partial charge in [0.05, 0.1) is 25.6 Å². The molecule has 0 saturated heterocycles. The van der Waals surface area contributed by atoms with E-state index in [1.165, 1.54) is 17.8 Å². The summed E-state index contributed by atoms with van der Waals surface area (Å²) >= 11 is 0. The first-order valence-corrected chi connectivity index (χ1v) is 9.58. The summed E-state index contributed by atoms with van der Waals surface area (Å²) in [5, 5.41) is 15.9. The first-order valence-electron chi connectivity index (χ1n) is 9.58. The molecule has 0 atom stereocenters. The molecule has 2 aromatic heterocycles. The molecule has 1 amide bonds. The van der Waals surface area contributed by atoms with Gasteiger partial charge in [0.15, 0.2) is 11.5 Å². The van der Waals surface area contributed by atoms with Crippen LogP contribution in [0.5, 0.6) is 11.5 Å². The molecule has 0 saturated carbocycles. The van der Waals surface area contributed by atoms with E-state index in [-0.39, 0.29) is 17.3 Å². The van der Waals surface area contributed by atoms with Crippen LogP contribution < -0.4 is 20.5 Å². The lowest BCUT2D eigenvalue weighted by atomic mass is 10.2. The highest BCUT2D eigenvalue weighted by atomic mass is 16.5. The van der Waals surface area contributed by atoms with Gasteiger partial charge in [0.25, 0.3) is 17.4 Å². The van der Waals surface area contributed by atoms with Crippen LogP contribution in [0.25, 0.3) is 5.95 Å². The van der Waals surface area contributed by atoms with Gasteiger partial charge in [-0.2, -0.15) is 14.9 Å². The Morgan fingerprint density at radius 2 is 2.13 bits per heavy atom. The van der Waals surface area contributed by atoms with Crippen molar-refractivity contribution in [3.8, 4) is 17.4 Å². The molecule has 0 fully saturated rings. The summed E-state index contributed by atoms with van der Waals surface area (Å²) in [5.41, 5.74) is 3.58. The van der Waals surface area contributed by atoms with Crippen LogP contribution in [0, 0.1) is 13.8 Å². The summed E-state index contributed by atoms with van der Waals surface area (Å²) < 4.78 is 12.3. The molecular formula is C20H23N7O4. The number of aromatic amines is 1. The van der Waals surface area contributed by atoms with Crippen LogP contribution in [0.4, 0.5) is 0 Å². The highest BCUT2D eigenvalue weighted by Crippen LogP contribution is 2.30. The molecule has 0 radical (unpaired) electrons. The maximum Gasteiger partial charge on any atom is 0.290 e. The third-order valence-electron chi connectivity index (χ3n) is 4.16. The Hall–Kier alpha value is -4.02. The van der Waals surface area contributed by atoms with Crippen LogP contribution in [-0.4, -0.2) is 50.8 Å². The number of ether oxygens (including phenoxy) is 2. The predicted molar refractivity (Wildman–Crippen MR) is 113 cm³/mol. The minimum atomic E-state index is -0.543. The van der Waals surface area contributed by atoms with Crippen molar-refractivity contribution in [3.63, 3.8) is 0 Å². The fourth-order valence-electron chi connectivity index (χ4n) is 2.67. The van der Waals surface area contributed by atoms with E-state index in [9.17, 15) is 9.59 Å². The molecule has 0 aliphatic carbocycles. The number of carbonyl (C=O) groups excluding carboxylic acids is 1. The number of rotatable bonds is 8. The first kappa shape index (κ1) is 21.7. The number of carbonyl (C=O) groups is 1. The highest BCUT2D eigenvalue weighted by Gasteiger charge is 2.17. The van der Waals surface area contributed by atoms with Crippen LogP contribution in [0.15, 0.2) is 34.2 Å². The lowest BCUT2D eigenvalue weighted by Gasteiger charge is -2.12. The first-order chi connectivity index (χ1) is 14.9. The summed E-state index contributed by atoms with van der Waals surface area (Å²) in [4.78, 5) is 27.1. The van der Waals surface area contributed by atoms with E-state index in [1.807, 2.05) is 6.92 Å². The van der Waals surface area contributed by atoms with Crippen molar-refractivity contribution >= 4 is 12.1 Å². The van der Waals surface area contributed by atoms with E-state index in [2.05, 4.69) is 30.8 Å².